The molecule has 2 aromatic rings. The SMILES string of the molecule is C/C(=C\C(=O)NC(C)c1ccc(S(=O)(=O)N(C)C)cc1)c1ccccc1. The van der Waals surface area contributed by atoms with Gasteiger partial charge in [-0.3, -0.25) is 4.79 Å². The van der Waals surface area contributed by atoms with Crippen LogP contribution in [0.2, 0.25) is 0 Å². The van der Waals surface area contributed by atoms with E-state index in [9.17, 15) is 13.2 Å². The van der Waals surface area contributed by atoms with Gasteiger partial charge in [0.2, 0.25) is 15.9 Å². The van der Waals surface area contributed by atoms with Crippen molar-refractivity contribution in [1.29, 1.82) is 0 Å². The average Bonchev–Trinajstić information content (AvgIpc) is 2.62. The van der Waals surface area contributed by atoms with E-state index in [1.54, 1.807) is 30.3 Å². The highest BCUT2D eigenvalue weighted by Crippen LogP contribution is 2.18. The topological polar surface area (TPSA) is 66.5 Å². The number of sulfonamides is 1. The molecule has 0 aliphatic rings. The fourth-order valence-corrected chi connectivity index (χ4v) is 3.36. The van der Waals surface area contributed by atoms with E-state index < -0.39 is 10.0 Å². The molecule has 2 aromatic carbocycles. The highest BCUT2D eigenvalue weighted by Gasteiger charge is 2.17. The van der Waals surface area contributed by atoms with Gasteiger partial charge in [0.05, 0.1) is 10.9 Å². The zero-order valence-corrected chi connectivity index (χ0v) is 16.2. The van der Waals surface area contributed by atoms with Gasteiger partial charge < -0.3 is 5.32 Å². The largest absolute Gasteiger partial charge is 0.346 e. The summed E-state index contributed by atoms with van der Waals surface area (Å²) in [5.74, 6) is -0.191. The van der Waals surface area contributed by atoms with Crippen molar-refractivity contribution in [2.24, 2.45) is 0 Å². The molecular weight excluding hydrogens is 348 g/mol. The highest BCUT2D eigenvalue weighted by atomic mass is 32.2. The summed E-state index contributed by atoms with van der Waals surface area (Å²) in [6, 6.07) is 16.0. The van der Waals surface area contributed by atoms with Gasteiger partial charge in [-0.2, -0.15) is 0 Å². The minimum Gasteiger partial charge on any atom is -0.346 e. The van der Waals surface area contributed by atoms with Crippen molar-refractivity contribution < 1.29 is 13.2 Å². The number of carbonyl (C=O) groups is 1. The summed E-state index contributed by atoms with van der Waals surface area (Å²) >= 11 is 0. The van der Waals surface area contributed by atoms with Crippen LogP contribution < -0.4 is 5.32 Å². The van der Waals surface area contributed by atoms with Gasteiger partial charge in [0, 0.05) is 20.2 Å². The molecule has 0 bridgehead atoms. The predicted octanol–water partition coefficient (Wildman–Crippen LogP) is 3.22. The molecular formula is C20H24N2O3S. The Morgan fingerprint density at radius 2 is 1.62 bits per heavy atom. The van der Waals surface area contributed by atoms with Gasteiger partial charge in [-0.25, -0.2) is 12.7 Å². The van der Waals surface area contributed by atoms with Crippen LogP contribution in [0.15, 0.2) is 65.6 Å². The lowest BCUT2D eigenvalue weighted by Crippen LogP contribution is -2.25. The van der Waals surface area contributed by atoms with Gasteiger partial charge in [0.15, 0.2) is 0 Å². The third-order valence-corrected chi connectivity index (χ3v) is 5.92. The van der Waals surface area contributed by atoms with E-state index in [4.69, 9.17) is 0 Å². The number of carbonyl (C=O) groups excluding carboxylic acids is 1. The second kappa shape index (κ2) is 8.29. The monoisotopic (exact) mass is 372 g/mol. The van der Waals surface area contributed by atoms with Crippen LogP contribution in [0.1, 0.15) is 31.0 Å². The van der Waals surface area contributed by atoms with E-state index in [2.05, 4.69) is 5.32 Å². The first-order valence-electron chi connectivity index (χ1n) is 8.28. The smallest absolute Gasteiger partial charge is 0.244 e. The molecule has 0 aliphatic carbocycles. The molecule has 6 heteroatoms. The molecule has 0 saturated carbocycles. The molecule has 138 valence electrons. The van der Waals surface area contributed by atoms with E-state index >= 15 is 0 Å². The molecule has 0 saturated heterocycles. The summed E-state index contributed by atoms with van der Waals surface area (Å²) in [5.41, 5.74) is 2.71. The number of nitrogens with zero attached hydrogens (tertiary/aromatic N) is 1. The Morgan fingerprint density at radius 3 is 2.15 bits per heavy atom. The van der Waals surface area contributed by atoms with Crippen molar-refractivity contribution in [3.05, 3.63) is 71.8 Å². The molecule has 1 amide bonds. The Labute approximate surface area is 155 Å². The average molecular weight is 372 g/mol. The zero-order valence-electron chi connectivity index (χ0n) is 15.4. The normalized spacial score (nSPS) is 13.5. The first kappa shape index (κ1) is 19.9. The Morgan fingerprint density at radius 1 is 1.04 bits per heavy atom. The van der Waals surface area contributed by atoms with Gasteiger partial charge in [-0.05, 0) is 42.7 Å². The maximum absolute atomic E-state index is 12.2. The molecule has 26 heavy (non-hydrogen) atoms. The van der Waals surface area contributed by atoms with E-state index in [1.165, 1.54) is 18.4 Å². The van der Waals surface area contributed by atoms with Crippen LogP contribution in [0, 0.1) is 0 Å². The number of benzene rings is 2. The number of nitrogens with one attached hydrogen (secondary N) is 1. The summed E-state index contributed by atoms with van der Waals surface area (Å²) in [6.07, 6.45) is 1.57. The lowest BCUT2D eigenvalue weighted by molar-refractivity contribution is -0.117. The number of allylic oxidation sites excluding steroid dienone is 1. The molecule has 1 unspecified atom stereocenters. The lowest BCUT2D eigenvalue weighted by Gasteiger charge is -2.15. The van der Waals surface area contributed by atoms with Crippen LogP contribution >= 0.6 is 0 Å². The Hall–Kier alpha value is -2.44. The number of hydrogen-bond donors (Lipinski definition) is 1. The molecule has 0 aliphatic heterocycles. The fraction of sp³-hybridized carbons (Fsp3) is 0.250. The summed E-state index contributed by atoms with van der Waals surface area (Å²) in [4.78, 5) is 12.5. The summed E-state index contributed by atoms with van der Waals surface area (Å²) in [5, 5.41) is 2.90. The first-order chi connectivity index (χ1) is 12.2. The van der Waals surface area contributed by atoms with Crippen molar-refractivity contribution in [2.75, 3.05) is 14.1 Å². The van der Waals surface area contributed by atoms with Crippen LogP contribution in [0.3, 0.4) is 0 Å². The minimum atomic E-state index is -3.45. The maximum atomic E-state index is 12.2. The molecule has 1 atom stereocenters. The summed E-state index contributed by atoms with van der Waals surface area (Å²) in [7, 11) is -0.465. The van der Waals surface area contributed by atoms with Crippen molar-refractivity contribution in [3.63, 3.8) is 0 Å². The van der Waals surface area contributed by atoms with Crippen LogP contribution in [0.5, 0.6) is 0 Å². The number of rotatable bonds is 6. The molecule has 1 N–H and O–H groups in total. The van der Waals surface area contributed by atoms with E-state index in [0.717, 1.165) is 16.7 Å². The molecule has 0 heterocycles. The summed E-state index contributed by atoms with van der Waals surface area (Å²) < 4.78 is 25.4. The van der Waals surface area contributed by atoms with E-state index in [1.807, 2.05) is 44.2 Å². The molecule has 0 aromatic heterocycles. The summed E-state index contributed by atoms with van der Waals surface area (Å²) in [6.45, 7) is 3.75. The van der Waals surface area contributed by atoms with Gasteiger partial charge in [-0.15, -0.1) is 0 Å². The standard InChI is InChI=1S/C20H24N2O3S/c1-15(17-8-6-5-7-9-17)14-20(23)21-16(2)18-10-12-19(13-11-18)26(24,25)22(3)4/h5-14,16H,1-4H3,(H,21,23)/b15-14+. The Kier molecular flexibility index (Phi) is 6.34. The Bertz CT molecular complexity index is 886. The minimum absolute atomic E-state index is 0.191. The van der Waals surface area contributed by atoms with Crippen molar-refractivity contribution in [1.82, 2.24) is 9.62 Å². The van der Waals surface area contributed by atoms with E-state index in [0.29, 0.717) is 0 Å². The lowest BCUT2D eigenvalue weighted by atomic mass is 10.1. The highest BCUT2D eigenvalue weighted by molar-refractivity contribution is 7.89. The second-order valence-electron chi connectivity index (χ2n) is 6.28. The Balaban J connectivity index is 2.08. The van der Waals surface area contributed by atoms with Gasteiger partial charge in [0.1, 0.15) is 0 Å². The van der Waals surface area contributed by atoms with Gasteiger partial charge in [-0.1, -0.05) is 42.5 Å². The third kappa shape index (κ3) is 4.80. The first-order valence-corrected chi connectivity index (χ1v) is 9.72. The molecule has 5 nitrogen and oxygen atoms in total. The van der Waals surface area contributed by atoms with Gasteiger partial charge in [0.25, 0.3) is 0 Å². The predicted molar refractivity (Wildman–Crippen MR) is 104 cm³/mol. The zero-order chi connectivity index (χ0) is 19.3. The molecule has 0 radical (unpaired) electrons. The molecule has 2 rings (SSSR count). The van der Waals surface area contributed by atoms with Crippen LogP contribution in [0.25, 0.3) is 5.57 Å². The van der Waals surface area contributed by atoms with E-state index in [-0.39, 0.29) is 16.8 Å². The maximum Gasteiger partial charge on any atom is 0.244 e. The quantitative estimate of drug-likeness (QED) is 0.792. The van der Waals surface area contributed by atoms with Crippen LogP contribution in [0.4, 0.5) is 0 Å². The molecule has 0 spiro atoms. The second-order valence-corrected chi connectivity index (χ2v) is 8.43. The van der Waals surface area contributed by atoms with Crippen molar-refractivity contribution >= 4 is 21.5 Å². The van der Waals surface area contributed by atoms with Crippen LogP contribution in [-0.2, 0) is 14.8 Å². The van der Waals surface area contributed by atoms with Crippen molar-refractivity contribution in [2.45, 2.75) is 24.8 Å². The molecule has 0 fully saturated rings. The van der Waals surface area contributed by atoms with Crippen molar-refractivity contribution in [3.8, 4) is 0 Å². The number of hydrogen-bond acceptors (Lipinski definition) is 3. The fourth-order valence-electron chi connectivity index (χ4n) is 2.46. The van der Waals surface area contributed by atoms with Gasteiger partial charge >= 0.3 is 0 Å². The third-order valence-electron chi connectivity index (χ3n) is 4.09. The number of amides is 1. The van der Waals surface area contributed by atoms with Crippen LogP contribution in [-0.4, -0.2) is 32.7 Å².